The third-order valence-electron chi connectivity index (χ3n) is 2.56. The third-order valence-corrected chi connectivity index (χ3v) is 4.65. The number of thiophene rings is 1. The largest absolute Gasteiger partial charge is 0.215 e. The number of rotatable bonds is 6. The van der Waals surface area contributed by atoms with Gasteiger partial charge in [-0.1, -0.05) is 12.1 Å². The van der Waals surface area contributed by atoms with Gasteiger partial charge < -0.3 is 0 Å². The van der Waals surface area contributed by atoms with Crippen LogP contribution >= 0.6 is 11.3 Å². The summed E-state index contributed by atoms with van der Waals surface area (Å²) < 4.78 is 39.1. The maximum atomic E-state index is 13.0. The van der Waals surface area contributed by atoms with E-state index in [0.717, 1.165) is 5.56 Å². The quantitative estimate of drug-likeness (QED) is 0.891. The molecule has 0 fully saturated rings. The van der Waals surface area contributed by atoms with Gasteiger partial charge in [-0.25, -0.2) is 17.5 Å². The predicted octanol–water partition coefficient (Wildman–Crippen LogP) is 2.55. The van der Waals surface area contributed by atoms with Gasteiger partial charge >= 0.3 is 0 Å². The van der Waals surface area contributed by atoms with Crippen molar-refractivity contribution in [2.45, 2.75) is 12.2 Å². The molecule has 2 aromatic rings. The van der Waals surface area contributed by atoms with Crippen LogP contribution in [-0.2, 0) is 22.2 Å². The highest BCUT2D eigenvalue weighted by Gasteiger charge is 2.11. The maximum absolute atomic E-state index is 13.0. The van der Waals surface area contributed by atoms with Crippen molar-refractivity contribution >= 4 is 21.4 Å². The Balaban J connectivity index is 1.88. The van der Waals surface area contributed by atoms with Crippen molar-refractivity contribution in [1.82, 2.24) is 4.72 Å². The second-order valence-corrected chi connectivity index (χ2v) is 6.75. The van der Waals surface area contributed by atoms with Crippen LogP contribution in [0.1, 0.15) is 11.1 Å². The highest BCUT2D eigenvalue weighted by atomic mass is 32.2. The minimum atomic E-state index is -3.42. The molecule has 0 saturated heterocycles. The van der Waals surface area contributed by atoms with E-state index in [1.54, 1.807) is 17.4 Å². The summed E-state index contributed by atoms with van der Waals surface area (Å²) in [6.45, 7) is 0.356. The minimum Gasteiger partial charge on any atom is -0.215 e. The van der Waals surface area contributed by atoms with E-state index in [1.807, 2.05) is 16.8 Å². The van der Waals surface area contributed by atoms with Crippen molar-refractivity contribution in [2.24, 2.45) is 0 Å². The number of halogens is 1. The molecule has 0 atom stereocenters. The van der Waals surface area contributed by atoms with E-state index in [-0.39, 0.29) is 5.75 Å². The van der Waals surface area contributed by atoms with Crippen molar-refractivity contribution in [2.75, 3.05) is 6.54 Å². The van der Waals surface area contributed by atoms with Gasteiger partial charge in [-0.2, -0.15) is 11.3 Å². The first-order valence-electron chi connectivity index (χ1n) is 5.78. The van der Waals surface area contributed by atoms with Gasteiger partial charge in [0.15, 0.2) is 0 Å². The van der Waals surface area contributed by atoms with Crippen molar-refractivity contribution in [3.8, 4) is 0 Å². The zero-order valence-corrected chi connectivity index (χ0v) is 11.8. The van der Waals surface area contributed by atoms with Crippen molar-refractivity contribution in [1.29, 1.82) is 0 Å². The Labute approximate surface area is 116 Å². The number of sulfonamides is 1. The first kappa shape index (κ1) is 14.2. The lowest BCUT2D eigenvalue weighted by molar-refractivity contribution is 0.580. The third kappa shape index (κ3) is 4.74. The number of benzene rings is 1. The molecule has 19 heavy (non-hydrogen) atoms. The fraction of sp³-hybridized carbons (Fsp3) is 0.231. The molecule has 1 N–H and O–H groups in total. The Morgan fingerprint density at radius 3 is 2.74 bits per heavy atom. The van der Waals surface area contributed by atoms with Gasteiger partial charge in [-0.05, 0) is 46.5 Å². The molecule has 1 aromatic heterocycles. The number of nitrogens with one attached hydrogen (secondary N) is 1. The van der Waals surface area contributed by atoms with Gasteiger partial charge in [0, 0.05) is 6.54 Å². The highest BCUT2D eigenvalue weighted by Crippen LogP contribution is 2.08. The molecule has 1 heterocycles. The summed E-state index contributed by atoms with van der Waals surface area (Å²) in [7, 11) is -3.42. The molecule has 3 nitrogen and oxygen atoms in total. The lowest BCUT2D eigenvalue weighted by Crippen LogP contribution is -2.27. The Morgan fingerprint density at radius 1 is 1.21 bits per heavy atom. The van der Waals surface area contributed by atoms with Gasteiger partial charge in [-0.15, -0.1) is 0 Å². The molecule has 0 bridgehead atoms. The average molecular weight is 299 g/mol. The molecule has 0 spiro atoms. The fourth-order valence-electron chi connectivity index (χ4n) is 1.68. The van der Waals surface area contributed by atoms with Crippen molar-refractivity contribution in [3.05, 3.63) is 58.0 Å². The summed E-state index contributed by atoms with van der Waals surface area (Å²) in [5, 5.41) is 3.94. The summed E-state index contributed by atoms with van der Waals surface area (Å²) in [5.41, 5.74) is 1.56. The van der Waals surface area contributed by atoms with Crippen LogP contribution in [0.3, 0.4) is 0 Å². The zero-order chi connectivity index (χ0) is 13.7. The lowest BCUT2D eigenvalue weighted by atomic mass is 10.2. The molecule has 0 saturated carbocycles. The second kappa shape index (κ2) is 6.27. The Bertz CT molecular complexity index is 624. The van der Waals surface area contributed by atoms with Crippen LogP contribution in [0, 0.1) is 5.82 Å². The van der Waals surface area contributed by atoms with E-state index in [1.165, 1.54) is 18.2 Å². The molecule has 102 valence electrons. The molecule has 0 amide bonds. The molecule has 0 aliphatic carbocycles. The molecular formula is C13H14FNO2S2. The van der Waals surface area contributed by atoms with Crippen LogP contribution in [0.25, 0.3) is 0 Å². The fourth-order valence-corrected chi connectivity index (χ4v) is 3.52. The number of hydrogen-bond donors (Lipinski definition) is 1. The zero-order valence-electron chi connectivity index (χ0n) is 10.2. The maximum Gasteiger partial charge on any atom is 0.215 e. The van der Waals surface area contributed by atoms with Crippen LogP contribution in [0.2, 0.25) is 0 Å². The van der Waals surface area contributed by atoms with Crippen LogP contribution in [0.5, 0.6) is 0 Å². The summed E-state index contributed by atoms with van der Waals surface area (Å²) >= 11 is 1.58. The van der Waals surface area contributed by atoms with Gasteiger partial charge in [0.25, 0.3) is 0 Å². The van der Waals surface area contributed by atoms with Gasteiger partial charge in [0.2, 0.25) is 10.0 Å². The van der Waals surface area contributed by atoms with E-state index >= 15 is 0 Å². The second-order valence-electron chi connectivity index (χ2n) is 4.16. The summed E-state index contributed by atoms with van der Waals surface area (Å²) in [5.74, 6) is -0.625. The molecule has 1 aromatic carbocycles. The normalized spacial score (nSPS) is 11.6. The molecule has 2 rings (SSSR count). The first-order valence-corrected chi connectivity index (χ1v) is 8.37. The van der Waals surface area contributed by atoms with Gasteiger partial charge in [0.05, 0.1) is 5.75 Å². The van der Waals surface area contributed by atoms with Crippen molar-refractivity contribution < 1.29 is 12.8 Å². The van der Waals surface area contributed by atoms with Crippen LogP contribution in [0.15, 0.2) is 41.1 Å². The van der Waals surface area contributed by atoms with E-state index in [4.69, 9.17) is 0 Å². The Hall–Kier alpha value is -1.24. The molecule has 6 heteroatoms. The van der Waals surface area contributed by atoms with Crippen LogP contribution in [-0.4, -0.2) is 15.0 Å². The molecule has 0 aliphatic rings. The van der Waals surface area contributed by atoms with E-state index in [9.17, 15) is 12.8 Å². The average Bonchev–Trinajstić information content (AvgIpc) is 2.81. The summed E-state index contributed by atoms with van der Waals surface area (Å²) in [6, 6.07) is 7.59. The van der Waals surface area contributed by atoms with Crippen molar-refractivity contribution in [3.63, 3.8) is 0 Å². The molecule has 0 radical (unpaired) electrons. The minimum absolute atomic E-state index is 0.200. The lowest BCUT2D eigenvalue weighted by Gasteiger charge is -2.06. The Morgan fingerprint density at radius 2 is 2.05 bits per heavy atom. The van der Waals surface area contributed by atoms with Gasteiger partial charge in [0.1, 0.15) is 5.82 Å². The molecule has 0 aliphatic heterocycles. The standard InChI is InChI=1S/C13H14FNO2S2/c14-13-3-1-2-12(8-13)10-19(16,17)15-6-4-11-5-7-18-9-11/h1-3,5,7-9,15H,4,6,10H2. The number of hydrogen-bond acceptors (Lipinski definition) is 3. The topological polar surface area (TPSA) is 46.2 Å². The summed E-state index contributed by atoms with van der Waals surface area (Å²) in [6.07, 6.45) is 0.659. The van der Waals surface area contributed by atoms with Gasteiger partial charge in [-0.3, -0.25) is 0 Å². The highest BCUT2D eigenvalue weighted by molar-refractivity contribution is 7.88. The van der Waals surface area contributed by atoms with E-state index in [2.05, 4.69) is 4.72 Å². The summed E-state index contributed by atoms with van der Waals surface area (Å²) in [4.78, 5) is 0. The predicted molar refractivity (Wildman–Crippen MR) is 75.0 cm³/mol. The van der Waals surface area contributed by atoms with E-state index in [0.29, 0.717) is 18.5 Å². The van der Waals surface area contributed by atoms with E-state index < -0.39 is 15.8 Å². The Kier molecular flexibility index (Phi) is 4.68. The molecule has 0 unspecified atom stereocenters. The SMILES string of the molecule is O=S(=O)(Cc1cccc(F)c1)NCCc1ccsc1. The van der Waals surface area contributed by atoms with Crippen LogP contribution < -0.4 is 4.72 Å². The molecular weight excluding hydrogens is 285 g/mol. The van der Waals surface area contributed by atoms with Crippen LogP contribution in [0.4, 0.5) is 4.39 Å². The smallest absolute Gasteiger partial charge is 0.215 e. The monoisotopic (exact) mass is 299 g/mol. The first-order chi connectivity index (χ1) is 9.05.